The van der Waals surface area contributed by atoms with Gasteiger partial charge in [-0.15, -0.1) is 0 Å². The zero-order chi connectivity index (χ0) is 14.3. The lowest BCUT2D eigenvalue weighted by Crippen LogP contribution is -2.32. The van der Waals surface area contributed by atoms with E-state index in [1.54, 1.807) is 6.92 Å². The number of halogens is 1. The molecule has 1 heterocycles. The summed E-state index contributed by atoms with van der Waals surface area (Å²) in [6.45, 7) is 3.93. The Hall–Kier alpha value is -1.07. The van der Waals surface area contributed by atoms with Crippen LogP contribution in [0.2, 0.25) is 5.15 Å². The van der Waals surface area contributed by atoms with Gasteiger partial charge in [0, 0.05) is 0 Å². The molecular formula is C13H23ClN4O. The zero-order valence-electron chi connectivity index (χ0n) is 11.6. The molecule has 0 aliphatic carbocycles. The van der Waals surface area contributed by atoms with Gasteiger partial charge in [0.25, 0.3) is 0 Å². The van der Waals surface area contributed by atoms with Crippen molar-refractivity contribution in [1.29, 1.82) is 0 Å². The average Bonchev–Trinajstić information content (AvgIpc) is 2.37. The number of aliphatic hydroxyl groups excluding tert-OH is 1. The maximum atomic E-state index is 9.81. The summed E-state index contributed by atoms with van der Waals surface area (Å²) in [4.78, 5) is 7.87. The van der Waals surface area contributed by atoms with E-state index >= 15 is 0 Å². The molecule has 0 aliphatic rings. The van der Waals surface area contributed by atoms with Gasteiger partial charge in [0.15, 0.2) is 11.0 Å². The Balaban J connectivity index is 2.60. The van der Waals surface area contributed by atoms with Crippen LogP contribution < -0.4 is 11.1 Å². The van der Waals surface area contributed by atoms with Crippen molar-refractivity contribution in [1.82, 2.24) is 9.97 Å². The van der Waals surface area contributed by atoms with Gasteiger partial charge in [-0.05, 0) is 13.3 Å². The molecule has 108 valence electrons. The highest BCUT2D eigenvalue weighted by Crippen LogP contribution is 2.24. The van der Waals surface area contributed by atoms with Gasteiger partial charge in [-0.2, -0.15) is 0 Å². The maximum Gasteiger partial charge on any atom is 0.157 e. The molecule has 2 atom stereocenters. The average molecular weight is 287 g/mol. The minimum absolute atomic E-state index is 0.0786. The third kappa shape index (κ3) is 5.20. The molecule has 0 saturated heterocycles. The third-order valence-corrected chi connectivity index (χ3v) is 3.41. The smallest absolute Gasteiger partial charge is 0.157 e. The third-order valence-electron chi connectivity index (χ3n) is 3.11. The predicted octanol–water partition coefficient (Wildman–Crippen LogP) is 2.84. The molecule has 0 saturated carbocycles. The largest absolute Gasteiger partial charge is 0.393 e. The van der Waals surface area contributed by atoms with E-state index in [4.69, 9.17) is 17.3 Å². The van der Waals surface area contributed by atoms with Crippen molar-refractivity contribution in [2.75, 3.05) is 11.1 Å². The molecule has 0 fully saturated rings. The molecule has 1 aromatic rings. The highest BCUT2D eigenvalue weighted by molar-refractivity contribution is 6.32. The summed E-state index contributed by atoms with van der Waals surface area (Å²) < 4.78 is 0. The van der Waals surface area contributed by atoms with Crippen molar-refractivity contribution in [3.05, 3.63) is 11.5 Å². The molecule has 1 rings (SSSR count). The van der Waals surface area contributed by atoms with Gasteiger partial charge in [0.05, 0.1) is 12.1 Å². The van der Waals surface area contributed by atoms with Crippen LogP contribution in [-0.2, 0) is 0 Å². The van der Waals surface area contributed by atoms with E-state index in [-0.39, 0.29) is 11.2 Å². The van der Waals surface area contributed by atoms with Crippen molar-refractivity contribution in [2.45, 2.75) is 58.1 Å². The standard InChI is InChI=1S/C13H23ClN4O/c1-3-4-5-6-7-10(9(2)19)18-13-11(15)12(14)16-8-17-13/h8-10,19H,3-7,15H2,1-2H3,(H,16,17,18). The number of hydrogen-bond acceptors (Lipinski definition) is 5. The fourth-order valence-electron chi connectivity index (χ4n) is 1.89. The normalized spacial score (nSPS) is 14.1. The monoisotopic (exact) mass is 286 g/mol. The van der Waals surface area contributed by atoms with Gasteiger partial charge in [-0.3, -0.25) is 0 Å². The first-order valence-electron chi connectivity index (χ1n) is 6.76. The van der Waals surface area contributed by atoms with Crippen LogP contribution in [0.25, 0.3) is 0 Å². The van der Waals surface area contributed by atoms with Gasteiger partial charge in [-0.1, -0.05) is 44.2 Å². The Labute approximate surface area is 119 Å². The first-order valence-corrected chi connectivity index (χ1v) is 7.14. The highest BCUT2D eigenvalue weighted by atomic mass is 35.5. The fourth-order valence-corrected chi connectivity index (χ4v) is 2.02. The van der Waals surface area contributed by atoms with E-state index in [0.29, 0.717) is 11.5 Å². The molecule has 0 aliphatic heterocycles. The van der Waals surface area contributed by atoms with Crippen molar-refractivity contribution < 1.29 is 5.11 Å². The quantitative estimate of drug-likeness (QED) is 0.505. The Kier molecular flexibility index (Phi) is 6.87. The molecule has 0 radical (unpaired) electrons. The highest BCUT2D eigenvalue weighted by Gasteiger charge is 2.17. The molecule has 4 N–H and O–H groups in total. The van der Waals surface area contributed by atoms with Gasteiger partial charge < -0.3 is 16.2 Å². The second kappa shape index (κ2) is 8.17. The Bertz CT molecular complexity index is 387. The Morgan fingerprint density at radius 3 is 2.74 bits per heavy atom. The van der Waals surface area contributed by atoms with Crippen LogP contribution in [-0.4, -0.2) is 27.2 Å². The number of nitrogens with one attached hydrogen (secondary N) is 1. The minimum atomic E-state index is -0.477. The number of unbranched alkanes of at least 4 members (excludes halogenated alkanes) is 3. The predicted molar refractivity (Wildman–Crippen MR) is 79.3 cm³/mol. The van der Waals surface area contributed by atoms with Gasteiger partial charge in [-0.25, -0.2) is 9.97 Å². The molecule has 2 unspecified atom stereocenters. The lowest BCUT2D eigenvalue weighted by molar-refractivity contribution is 0.165. The fraction of sp³-hybridized carbons (Fsp3) is 0.692. The first-order chi connectivity index (χ1) is 9.06. The lowest BCUT2D eigenvalue weighted by atomic mass is 10.0. The van der Waals surface area contributed by atoms with Gasteiger partial charge in [0.1, 0.15) is 12.0 Å². The van der Waals surface area contributed by atoms with E-state index in [0.717, 1.165) is 12.8 Å². The molecular weight excluding hydrogens is 264 g/mol. The maximum absolute atomic E-state index is 9.81. The summed E-state index contributed by atoms with van der Waals surface area (Å²) in [5.41, 5.74) is 6.13. The molecule has 0 bridgehead atoms. The topological polar surface area (TPSA) is 84.1 Å². The molecule has 1 aromatic heterocycles. The van der Waals surface area contributed by atoms with E-state index < -0.39 is 6.10 Å². The van der Waals surface area contributed by atoms with E-state index in [1.165, 1.54) is 25.6 Å². The van der Waals surface area contributed by atoms with Crippen LogP contribution in [0.15, 0.2) is 6.33 Å². The minimum Gasteiger partial charge on any atom is -0.393 e. The van der Waals surface area contributed by atoms with Gasteiger partial charge in [0.2, 0.25) is 0 Å². The van der Waals surface area contributed by atoms with Crippen LogP contribution in [0.5, 0.6) is 0 Å². The van der Waals surface area contributed by atoms with Crippen LogP contribution in [0.4, 0.5) is 11.5 Å². The molecule has 0 amide bonds. The second-order valence-corrected chi connectivity index (χ2v) is 5.13. The summed E-state index contributed by atoms with van der Waals surface area (Å²) >= 11 is 5.84. The van der Waals surface area contributed by atoms with Crippen molar-refractivity contribution in [2.24, 2.45) is 0 Å². The van der Waals surface area contributed by atoms with E-state index in [2.05, 4.69) is 22.2 Å². The number of aromatic nitrogens is 2. The van der Waals surface area contributed by atoms with Crippen LogP contribution in [0.1, 0.15) is 46.0 Å². The number of nitrogens with zero attached hydrogens (tertiary/aromatic N) is 2. The molecule has 6 heteroatoms. The number of anilines is 2. The Morgan fingerprint density at radius 2 is 2.11 bits per heavy atom. The molecule has 0 aromatic carbocycles. The summed E-state index contributed by atoms with van der Waals surface area (Å²) in [5, 5.41) is 13.2. The molecule has 0 spiro atoms. The molecule has 19 heavy (non-hydrogen) atoms. The summed E-state index contributed by atoms with van der Waals surface area (Å²) in [5.74, 6) is 0.487. The van der Waals surface area contributed by atoms with Gasteiger partial charge >= 0.3 is 0 Å². The number of nitrogens with two attached hydrogens (primary N) is 1. The zero-order valence-corrected chi connectivity index (χ0v) is 12.3. The van der Waals surface area contributed by atoms with Crippen LogP contribution in [0, 0.1) is 0 Å². The van der Waals surface area contributed by atoms with Crippen molar-refractivity contribution >= 4 is 23.1 Å². The second-order valence-electron chi connectivity index (χ2n) is 4.77. The van der Waals surface area contributed by atoms with E-state index in [1.807, 2.05) is 0 Å². The lowest BCUT2D eigenvalue weighted by Gasteiger charge is -2.22. The van der Waals surface area contributed by atoms with Crippen molar-refractivity contribution in [3.63, 3.8) is 0 Å². The van der Waals surface area contributed by atoms with Crippen LogP contribution in [0.3, 0.4) is 0 Å². The summed E-state index contributed by atoms with van der Waals surface area (Å²) in [6, 6.07) is -0.0786. The first kappa shape index (κ1) is 16.0. The number of rotatable bonds is 8. The number of hydrogen-bond donors (Lipinski definition) is 3. The molecule has 5 nitrogen and oxygen atoms in total. The summed E-state index contributed by atoms with van der Waals surface area (Å²) in [7, 11) is 0. The number of nitrogen functional groups attached to an aromatic ring is 1. The Morgan fingerprint density at radius 1 is 1.37 bits per heavy atom. The van der Waals surface area contributed by atoms with Crippen molar-refractivity contribution in [3.8, 4) is 0 Å². The SMILES string of the molecule is CCCCCCC(Nc1ncnc(Cl)c1N)C(C)O. The van der Waals surface area contributed by atoms with Crippen LogP contribution >= 0.6 is 11.6 Å². The van der Waals surface area contributed by atoms with E-state index in [9.17, 15) is 5.11 Å². The summed E-state index contributed by atoms with van der Waals surface area (Å²) in [6.07, 6.45) is 6.40. The number of aliphatic hydroxyl groups is 1.